The van der Waals surface area contributed by atoms with Gasteiger partial charge in [-0.05, 0) is 30.7 Å². The van der Waals surface area contributed by atoms with E-state index in [-0.39, 0.29) is 6.61 Å². The lowest BCUT2D eigenvalue weighted by molar-refractivity contribution is 0.281. The van der Waals surface area contributed by atoms with Crippen molar-refractivity contribution in [3.63, 3.8) is 0 Å². The van der Waals surface area contributed by atoms with Gasteiger partial charge in [0.2, 0.25) is 11.8 Å². The third kappa shape index (κ3) is 2.81. The highest BCUT2D eigenvalue weighted by Crippen LogP contribution is 2.33. The molecule has 6 heteroatoms. The van der Waals surface area contributed by atoms with E-state index in [1.165, 1.54) is 0 Å². The van der Waals surface area contributed by atoms with Gasteiger partial charge in [-0.2, -0.15) is 4.98 Å². The third-order valence-electron chi connectivity index (χ3n) is 3.03. The highest BCUT2D eigenvalue weighted by Gasteiger charge is 2.12. The lowest BCUT2D eigenvalue weighted by Gasteiger charge is -2.08. The van der Waals surface area contributed by atoms with Crippen molar-refractivity contribution < 1.29 is 9.84 Å². The zero-order valence-corrected chi connectivity index (χ0v) is 12.6. The summed E-state index contributed by atoms with van der Waals surface area (Å²) in [5, 5.41) is 12.9. The number of nitrogens with one attached hydrogen (secondary N) is 1. The average Bonchev–Trinajstić information content (AvgIpc) is 2.88. The number of anilines is 1. The van der Waals surface area contributed by atoms with Crippen LogP contribution in [0.1, 0.15) is 10.4 Å². The van der Waals surface area contributed by atoms with E-state index in [1.807, 2.05) is 37.3 Å². The molecule has 3 rings (SSSR count). The van der Waals surface area contributed by atoms with Crippen molar-refractivity contribution in [1.82, 2.24) is 9.97 Å². The van der Waals surface area contributed by atoms with E-state index in [4.69, 9.17) is 9.84 Å². The zero-order chi connectivity index (χ0) is 14.8. The standard InChI is InChI=1S/C15H15N3O2S/c1-9-7-12-13(17-15(16-2)18-14(12)21-9)20-11-5-3-10(8-19)4-6-11/h3-7,19H,8H2,1-2H3,(H,16,17,18). The first-order valence-corrected chi connectivity index (χ1v) is 7.35. The molecule has 3 aromatic rings. The SMILES string of the molecule is CNc1nc(Oc2ccc(CO)cc2)c2cc(C)sc2n1. The molecule has 1 aromatic carbocycles. The molecule has 0 spiro atoms. The molecule has 0 atom stereocenters. The van der Waals surface area contributed by atoms with Gasteiger partial charge in [0, 0.05) is 11.9 Å². The van der Waals surface area contributed by atoms with E-state index >= 15 is 0 Å². The number of fused-ring (bicyclic) bond motifs is 1. The van der Waals surface area contributed by atoms with Crippen molar-refractivity contribution in [3.8, 4) is 11.6 Å². The maximum atomic E-state index is 9.06. The quantitative estimate of drug-likeness (QED) is 0.773. The number of rotatable bonds is 4. The number of aryl methyl sites for hydroxylation is 1. The van der Waals surface area contributed by atoms with Crippen LogP contribution in [-0.4, -0.2) is 22.1 Å². The summed E-state index contributed by atoms with van der Waals surface area (Å²) in [6.45, 7) is 2.05. The lowest BCUT2D eigenvalue weighted by atomic mass is 10.2. The van der Waals surface area contributed by atoms with Crippen molar-refractivity contribution in [3.05, 3.63) is 40.8 Å². The number of aromatic nitrogens is 2. The minimum Gasteiger partial charge on any atom is -0.438 e. The van der Waals surface area contributed by atoms with E-state index in [2.05, 4.69) is 15.3 Å². The molecule has 21 heavy (non-hydrogen) atoms. The van der Waals surface area contributed by atoms with E-state index in [0.29, 0.717) is 17.6 Å². The molecule has 5 nitrogen and oxygen atoms in total. The summed E-state index contributed by atoms with van der Waals surface area (Å²) >= 11 is 1.61. The van der Waals surface area contributed by atoms with E-state index in [0.717, 1.165) is 20.7 Å². The molecule has 0 aliphatic heterocycles. The molecule has 0 amide bonds. The Bertz CT molecular complexity index is 768. The number of aliphatic hydroxyl groups is 1. The van der Waals surface area contributed by atoms with Crippen LogP contribution in [0.5, 0.6) is 11.6 Å². The number of nitrogens with zero attached hydrogens (tertiary/aromatic N) is 2. The van der Waals surface area contributed by atoms with Gasteiger partial charge in [0.25, 0.3) is 0 Å². The van der Waals surface area contributed by atoms with Crippen LogP contribution in [0.2, 0.25) is 0 Å². The maximum absolute atomic E-state index is 9.06. The number of hydrogen-bond donors (Lipinski definition) is 2. The lowest BCUT2D eigenvalue weighted by Crippen LogP contribution is -1.98. The molecule has 0 unspecified atom stereocenters. The Morgan fingerprint density at radius 3 is 2.67 bits per heavy atom. The molecule has 0 saturated heterocycles. The van der Waals surface area contributed by atoms with Gasteiger partial charge in [-0.1, -0.05) is 12.1 Å². The van der Waals surface area contributed by atoms with Crippen LogP contribution in [-0.2, 0) is 6.61 Å². The second-order valence-electron chi connectivity index (χ2n) is 4.58. The van der Waals surface area contributed by atoms with Gasteiger partial charge in [-0.15, -0.1) is 11.3 Å². The molecular formula is C15H15N3O2S. The van der Waals surface area contributed by atoms with Crippen molar-refractivity contribution in [2.45, 2.75) is 13.5 Å². The molecule has 2 N–H and O–H groups in total. The fourth-order valence-corrected chi connectivity index (χ4v) is 2.85. The molecule has 0 saturated carbocycles. The highest BCUT2D eigenvalue weighted by atomic mass is 32.1. The second kappa shape index (κ2) is 5.67. The van der Waals surface area contributed by atoms with E-state index in [1.54, 1.807) is 18.4 Å². The molecule has 0 radical (unpaired) electrons. The van der Waals surface area contributed by atoms with Gasteiger partial charge >= 0.3 is 0 Å². The molecule has 108 valence electrons. The summed E-state index contributed by atoms with van der Waals surface area (Å²) in [6.07, 6.45) is 0. The monoisotopic (exact) mass is 301 g/mol. The smallest absolute Gasteiger partial charge is 0.232 e. The molecule has 2 heterocycles. The topological polar surface area (TPSA) is 67.3 Å². The normalized spacial score (nSPS) is 10.8. The van der Waals surface area contributed by atoms with Crippen molar-refractivity contribution in [2.24, 2.45) is 0 Å². The molecule has 0 bridgehead atoms. The van der Waals surface area contributed by atoms with Crippen LogP contribution >= 0.6 is 11.3 Å². The van der Waals surface area contributed by atoms with Gasteiger partial charge in [0.1, 0.15) is 10.6 Å². The van der Waals surface area contributed by atoms with Crippen LogP contribution < -0.4 is 10.1 Å². The number of thiophene rings is 1. The molecular weight excluding hydrogens is 286 g/mol. The van der Waals surface area contributed by atoms with Gasteiger partial charge in [-0.25, -0.2) is 4.98 Å². The largest absolute Gasteiger partial charge is 0.438 e. The first-order valence-electron chi connectivity index (χ1n) is 6.53. The summed E-state index contributed by atoms with van der Waals surface area (Å²) in [7, 11) is 1.78. The Balaban J connectivity index is 2.01. The van der Waals surface area contributed by atoms with Gasteiger partial charge < -0.3 is 15.2 Å². The van der Waals surface area contributed by atoms with Crippen LogP contribution in [0.25, 0.3) is 10.2 Å². The first-order chi connectivity index (χ1) is 10.2. The Morgan fingerprint density at radius 2 is 2.00 bits per heavy atom. The Morgan fingerprint density at radius 1 is 1.24 bits per heavy atom. The van der Waals surface area contributed by atoms with E-state index in [9.17, 15) is 0 Å². The summed E-state index contributed by atoms with van der Waals surface area (Å²) in [5.74, 6) is 1.75. The number of aliphatic hydroxyl groups excluding tert-OH is 1. The van der Waals surface area contributed by atoms with Crippen LogP contribution in [0.3, 0.4) is 0 Å². The van der Waals surface area contributed by atoms with Gasteiger partial charge in [0.05, 0.1) is 12.0 Å². The van der Waals surface area contributed by atoms with Crippen LogP contribution in [0.15, 0.2) is 30.3 Å². The third-order valence-corrected chi connectivity index (χ3v) is 3.97. The van der Waals surface area contributed by atoms with Crippen molar-refractivity contribution in [1.29, 1.82) is 0 Å². The minimum atomic E-state index is 0.0195. The van der Waals surface area contributed by atoms with Gasteiger partial charge in [-0.3, -0.25) is 0 Å². The molecule has 2 aromatic heterocycles. The predicted octanol–water partition coefficient (Wildman–Crippen LogP) is 3.33. The highest BCUT2D eigenvalue weighted by molar-refractivity contribution is 7.18. The summed E-state index contributed by atoms with van der Waals surface area (Å²) in [4.78, 5) is 10.9. The Labute approximate surface area is 126 Å². The Kier molecular flexibility index (Phi) is 3.72. The maximum Gasteiger partial charge on any atom is 0.232 e. The fraction of sp³-hybridized carbons (Fsp3) is 0.200. The zero-order valence-electron chi connectivity index (χ0n) is 11.8. The number of ether oxygens (including phenoxy) is 1. The van der Waals surface area contributed by atoms with Gasteiger partial charge in [0.15, 0.2) is 0 Å². The summed E-state index contributed by atoms with van der Waals surface area (Å²) < 4.78 is 5.88. The number of hydrogen-bond acceptors (Lipinski definition) is 6. The summed E-state index contributed by atoms with van der Waals surface area (Å²) in [6, 6.07) is 9.31. The minimum absolute atomic E-state index is 0.0195. The molecule has 0 fully saturated rings. The predicted molar refractivity (Wildman–Crippen MR) is 84.1 cm³/mol. The van der Waals surface area contributed by atoms with Crippen molar-refractivity contribution >= 4 is 27.5 Å². The molecule has 0 aliphatic rings. The fourth-order valence-electron chi connectivity index (χ4n) is 1.98. The van der Waals surface area contributed by atoms with E-state index < -0.39 is 0 Å². The average molecular weight is 301 g/mol. The molecule has 0 aliphatic carbocycles. The van der Waals surface area contributed by atoms with Crippen molar-refractivity contribution in [2.75, 3.05) is 12.4 Å². The Hall–Kier alpha value is -2.18. The van der Waals surface area contributed by atoms with Crippen LogP contribution in [0, 0.1) is 6.92 Å². The second-order valence-corrected chi connectivity index (χ2v) is 5.82. The summed E-state index contributed by atoms with van der Waals surface area (Å²) in [5.41, 5.74) is 0.845. The number of benzene rings is 1. The van der Waals surface area contributed by atoms with Crippen LogP contribution in [0.4, 0.5) is 5.95 Å². The first kappa shape index (κ1) is 13.8.